The van der Waals surface area contributed by atoms with E-state index >= 15 is 0 Å². The van der Waals surface area contributed by atoms with Crippen LogP contribution in [0.3, 0.4) is 0 Å². The van der Waals surface area contributed by atoms with Crippen LogP contribution in [0.1, 0.15) is 39.0 Å². The topological polar surface area (TPSA) is 9.23 Å². The third-order valence-corrected chi connectivity index (χ3v) is 2.30. The molecule has 0 atom stereocenters. The van der Waals surface area contributed by atoms with Gasteiger partial charge in [-0.3, -0.25) is 0 Å². The number of hydrogen-bond donors (Lipinski definition) is 0. The lowest BCUT2D eigenvalue weighted by Gasteiger charge is -2.17. The average molecular weight is 249 g/mol. The van der Waals surface area contributed by atoms with Crippen LogP contribution in [0.25, 0.3) is 0 Å². The second-order valence-corrected chi connectivity index (χ2v) is 4.22. The van der Waals surface area contributed by atoms with Gasteiger partial charge in [0, 0.05) is 0 Å². The fourth-order valence-corrected chi connectivity index (χ4v) is 1.10. The largest absolute Gasteiger partial charge is 0.385 e. The van der Waals surface area contributed by atoms with E-state index in [9.17, 15) is 8.78 Å². The first-order chi connectivity index (χ1) is 6.50. The first kappa shape index (κ1) is 14.4. The predicted molar refractivity (Wildman–Crippen MR) is 55.2 cm³/mol. The summed E-state index contributed by atoms with van der Waals surface area (Å²) in [5.41, 5.74) is 0. The normalized spacial score (nSPS) is 12.4. The average Bonchev–Trinajstić information content (AvgIpc) is 2.10. The zero-order valence-corrected chi connectivity index (χ0v) is 9.75. The number of hydrogen-bond acceptors (Lipinski definition) is 1. The Kier molecular flexibility index (Phi) is 7.88. The molecular formula is C9H16Cl2F2O. The van der Waals surface area contributed by atoms with Crippen molar-refractivity contribution in [1.29, 1.82) is 0 Å². The van der Waals surface area contributed by atoms with Gasteiger partial charge in [-0.1, -0.05) is 55.8 Å². The SMILES string of the molecule is CCCCCCCOC(F)(F)C(Cl)Cl. The number of halogens is 4. The molecule has 0 amide bonds. The van der Waals surface area contributed by atoms with E-state index in [1.54, 1.807) is 0 Å². The highest BCUT2D eigenvalue weighted by atomic mass is 35.5. The van der Waals surface area contributed by atoms with E-state index < -0.39 is 10.9 Å². The summed E-state index contributed by atoms with van der Waals surface area (Å²) in [7, 11) is 0. The van der Waals surface area contributed by atoms with Crippen molar-refractivity contribution in [2.24, 2.45) is 0 Å². The number of rotatable bonds is 8. The van der Waals surface area contributed by atoms with Crippen LogP contribution in [0.4, 0.5) is 8.78 Å². The second kappa shape index (κ2) is 7.66. The molecule has 0 radical (unpaired) electrons. The van der Waals surface area contributed by atoms with E-state index in [4.69, 9.17) is 23.2 Å². The molecule has 0 saturated heterocycles. The second-order valence-electron chi connectivity index (χ2n) is 3.13. The molecule has 0 aliphatic heterocycles. The smallest absolute Gasteiger partial charge is 0.318 e. The molecule has 0 aromatic rings. The summed E-state index contributed by atoms with van der Waals surface area (Å²) in [6.07, 6.45) is 1.41. The minimum absolute atomic E-state index is 0.00660. The van der Waals surface area contributed by atoms with Gasteiger partial charge in [-0.05, 0) is 6.42 Å². The summed E-state index contributed by atoms with van der Waals surface area (Å²) in [5.74, 6) is 0. The molecule has 1 nitrogen and oxygen atoms in total. The minimum atomic E-state index is -3.42. The van der Waals surface area contributed by atoms with Crippen molar-refractivity contribution in [3.8, 4) is 0 Å². The molecule has 0 rings (SSSR count). The van der Waals surface area contributed by atoms with Gasteiger partial charge in [-0.2, -0.15) is 8.78 Å². The number of unbranched alkanes of at least 4 members (excludes halogenated alkanes) is 4. The van der Waals surface area contributed by atoms with Crippen molar-refractivity contribution < 1.29 is 13.5 Å². The van der Waals surface area contributed by atoms with Crippen LogP contribution in [0.2, 0.25) is 0 Å². The predicted octanol–water partition coefficient (Wildman–Crippen LogP) is 4.37. The Morgan fingerprint density at radius 1 is 1.14 bits per heavy atom. The Morgan fingerprint density at radius 2 is 1.71 bits per heavy atom. The Morgan fingerprint density at radius 3 is 2.21 bits per heavy atom. The van der Waals surface area contributed by atoms with E-state index in [0.717, 1.165) is 25.7 Å². The van der Waals surface area contributed by atoms with Crippen molar-refractivity contribution in [2.45, 2.75) is 50.0 Å². The van der Waals surface area contributed by atoms with Gasteiger partial charge in [0.2, 0.25) is 0 Å². The molecule has 0 aliphatic rings. The Labute approximate surface area is 93.7 Å². The van der Waals surface area contributed by atoms with Gasteiger partial charge in [-0.25, -0.2) is 0 Å². The third-order valence-electron chi connectivity index (χ3n) is 1.80. The van der Waals surface area contributed by atoms with Crippen LogP contribution in [0, 0.1) is 0 Å². The van der Waals surface area contributed by atoms with Gasteiger partial charge in [0.15, 0.2) is 4.84 Å². The van der Waals surface area contributed by atoms with E-state index in [0.29, 0.717) is 6.42 Å². The summed E-state index contributed by atoms with van der Waals surface area (Å²) in [6.45, 7) is 2.10. The molecular weight excluding hydrogens is 233 g/mol. The first-order valence-corrected chi connectivity index (χ1v) is 5.68. The van der Waals surface area contributed by atoms with Crippen molar-refractivity contribution in [2.75, 3.05) is 6.61 Å². The number of ether oxygens (including phenoxy) is 1. The van der Waals surface area contributed by atoms with Crippen LogP contribution < -0.4 is 0 Å². The van der Waals surface area contributed by atoms with Crippen LogP contribution in [-0.4, -0.2) is 17.6 Å². The summed E-state index contributed by atoms with van der Waals surface area (Å²) in [6, 6.07) is 0. The maximum absolute atomic E-state index is 12.6. The number of alkyl halides is 4. The standard InChI is InChI=1S/C9H16Cl2F2O/c1-2-3-4-5-6-7-14-9(12,13)8(10)11/h8H,2-7H2,1H3. The van der Waals surface area contributed by atoms with Gasteiger partial charge in [0.25, 0.3) is 0 Å². The first-order valence-electron chi connectivity index (χ1n) is 4.80. The Balaban J connectivity index is 3.35. The van der Waals surface area contributed by atoms with Crippen molar-refractivity contribution in [3.05, 3.63) is 0 Å². The fourth-order valence-electron chi connectivity index (χ4n) is 0.977. The maximum atomic E-state index is 12.6. The summed E-state index contributed by atoms with van der Waals surface area (Å²) < 4.78 is 29.5. The molecule has 5 heteroatoms. The summed E-state index contributed by atoms with van der Waals surface area (Å²) in [5, 5.41) is 0. The lowest BCUT2D eigenvalue weighted by Crippen LogP contribution is -2.29. The molecule has 86 valence electrons. The van der Waals surface area contributed by atoms with Crippen LogP contribution in [0.15, 0.2) is 0 Å². The van der Waals surface area contributed by atoms with Crippen molar-refractivity contribution in [3.63, 3.8) is 0 Å². The summed E-state index contributed by atoms with van der Waals surface area (Å²) in [4.78, 5) is -1.79. The molecule has 0 aromatic carbocycles. The Bertz CT molecular complexity index is 143. The van der Waals surface area contributed by atoms with Crippen LogP contribution in [-0.2, 0) is 4.74 Å². The van der Waals surface area contributed by atoms with Crippen molar-refractivity contribution >= 4 is 23.2 Å². The van der Waals surface area contributed by atoms with E-state index in [1.807, 2.05) is 0 Å². The van der Waals surface area contributed by atoms with Gasteiger partial charge < -0.3 is 4.74 Å². The van der Waals surface area contributed by atoms with E-state index in [-0.39, 0.29) is 6.61 Å². The zero-order valence-electron chi connectivity index (χ0n) is 8.24. The molecule has 0 aliphatic carbocycles. The molecule has 0 bridgehead atoms. The molecule has 0 unspecified atom stereocenters. The summed E-state index contributed by atoms with van der Waals surface area (Å²) >= 11 is 10.0. The molecule has 0 saturated carbocycles. The molecule has 14 heavy (non-hydrogen) atoms. The van der Waals surface area contributed by atoms with Crippen LogP contribution in [0.5, 0.6) is 0 Å². The van der Waals surface area contributed by atoms with E-state index in [2.05, 4.69) is 11.7 Å². The van der Waals surface area contributed by atoms with Crippen LogP contribution >= 0.6 is 23.2 Å². The molecule has 0 aromatic heterocycles. The molecule has 0 fully saturated rings. The third kappa shape index (κ3) is 6.80. The van der Waals surface area contributed by atoms with Gasteiger partial charge >= 0.3 is 6.11 Å². The zero-order chi connectivity index (χ0) is 11.0. The van der Waals surface area contributed by atoms with Gasteiger partial charge in [0.05, 0.1) is 6.61 Å². The highest BCUT2D eigenvalue weighted by Crippen LogP contribution is 2.27. The van der Waals surface area contributed by atoms with Gasteiger partial charge in [0.1, 0.15) is 0 Å². The quantitative estimate of drug-likeness (QED) is 0.458. The lowest BCUT2D eigenvalue weighted by atomic mass is 10.2. The highest BCUT2D eigenvalue weighted by Gasteiger charge is 2.38. The van der Waals surface area contributed by atoms with Crippen molar-refractivity contribution in [1.82, 2.24) is 0 Å². The molecule has 0 N–H and O–H groups in total. The fraction of sp³-hybridized carbons (Fsp3) is 1.00. The molecule has 0 heterocycles. The minimum Gasteiger partial charge on any atom is -0.318 e. The molecule has 0 spiro atoms. The maximum Gasteiger partial charge on any atom is 0.385 e. The monoisotopic (exact) mass is 248 g/mol. The highest BCUT2D eigenvalue weighted by molar-refractivity contribution is 6.44. The lowest BCUT2D eigenvalue weighted by molar-refractivity contribution is -0.228. The Hall–Kier alpha value is 0.400. The van der Waals surface area contributed by atoms with Gasteiger partial charge in [-0.15, -0.1) is 0 Å². The van der Waals surface area contributed by atoms with E-state index in [1.165, 1.54) is 0 Å².